The van der Waals surface area contributed by atoms with E-state index in [0.717, 1.165) is 0 Å². The largest absolute Gasteiger partial charge is 0.337 e. The van der Waals surface area contributed by atoms with Crippen molar-refractivity contribution in [2.45, 2.75) is 30.0 Å². The molecule has 2 aromatic rings. The molecule has 2 rings (SSSR count). The summed E-state index contributed by atoms with van der Waals surface area (Å²) in [6.07, 6.45) is 0. The molecule has 0 saturated carbocycles. The summed E-state index contributed by atoms with van der Waals surface area (Å²) in [4.78, 5) is 4.90. The third-order valence-electron chi connectivity index (χ3n) is 2.82. The highest BCUT2D eigenvalue weighted by Crippen LogP contribution is 2.25. The van der Waals surface area contributed by atoms with Crippen molar-refractivity contribution in [3.63, 3.8) is 0 Å². The van der Waals surface area contributed by atoms with Crippen LogP contribution in [0.5, 0.6) is 0 Å². The molecule has 0 bridgehead atoms. The van der Waals surface area contributed by atoms with E-state index in [-0.39, 0.29) is 11.4 Å². The molecule has 6 heteroatoms. The van der Waals surface area contributed by atoms with Crippen molar-refractivity contribution >= 4 is 11.8 Å². The van der Waals surface area contributed by atoms with Gasteiger partial charge in [-0.15, -0.1) is 11.8 Å². The number of benzene rings is 1. The fourth-order valence-corrected chi connectivity index (χ4v) is 2.16. The maximum absolute atomic E-state index is 13.4. The number of aromatic nitrogens is 2. The number of halogens is 1. The van der Waals surface area contributed by atoms with Crippen LogP contribution in [0.2, 0.25) is 0 Å². The van der Waals surface area contributed by atoms with Gasteiger partial charge in [0.05, 0.1) is 11.3 Å². The summed E-state index contributed by atoms with van der Waals surface area (Å²) in [7, 11) is 1.83. The average Bonchev–Trinajstić information content (AvgIpc) is 2.87. The minimum atomic E-state index is -0.367. The molecule has 0 fully saturated rings. The molecule has 0 aliphatic rings. The quantitative estimate of drug-likeness (QED) is 0.854. The molecule has 1 heterocycles. The van der Waals surface area contributed by atoms with E-state index in [9.17, 15) is 4.39 Å². The van der Waals surface area contributed by atoms with Crippen LogP contribution in [0.25, 0.3) is 0 Å². The molecular weight excluding hydrogens is 265 g/mol. The highest BCUT2D eigenvalue weighted by molar-refractivity contribution is 7.98. The monoisotopic (exact) mass is 281 g/mol. The van der Waals surface area contributed by atoms with Crippen molar-refractivity contribution < 1.29 is 8.91 Å². The van der Waals surface area contributed by atoms with Crippen molar-refractivity contribution in [3.8, 4) is 0 Å². The zero-order chi connectivity index (χ0) is 13.9. The second kappa shape index (κ2) is 5.71. The van der Waals surface area contributed by atoms with Crippen LogP contribution < -0.4 is 5.32 Å². The first-order valence-corrected chi connectivity index (χ1v) is 6.91. The minimum Gasteiger partial charge on any atom is -0.337 e. The summed E-state index contributed by atoms with van der Waals surface area (Å²) in [5.41, 5.74) is -0.367. The fraction of sp³-hybridized carbons (Fsp3) is 0.385. The lowest BCUT2D eigenvalue weighted by atomic mass is 10.1. The van der Waals surface area contributed by atoms with Gasteiger partial charge in [-0.05, 0) is 33.0 Å². The first-order valence-electron chi connectivity index (χ1n) is 5.92. The molecule has 0 radical (unpaired) electrons. The number of hydrogen-bond acceptors (Lipinski definition) is 5. The van der Waals surface area contributed by atoms with Gasteiger partial charge in [-0.3, -0.25) is 0 Å². The molecule has 0 aliphatic carbocycles. The Labute approximate surface area is 115 Å². The van der Waals surface area contributed by atoms with Gasteiger partial charge in [-0.1, -0.05) is 17.3 Å². The van der Waals surface area contributed by atoms with E-state index in [1.165, 1.54) is 17.8 Å². The first-order chi connectivity index (χ1) is 9.03. The summed E-state index contributed by atoms with van der Waals surface area (Å²) < 4.78 is 18.7. The molecule has 19 heavy (non-hydrogen) atoms. The van der Waals surface area contributed by atoms with Crippen molar-refractivity contribution in [1.82, 2.24) is 15.5 Å². The van der Waals surface area contributed by atoms with Gasteiger partial charge in [0.1, 0.15) is 5.82 Å². The lowest BCUT2D eigenvalue weighted by Crippen LogP contribution is -2.33. The van der Waals surface area contributed by atoms with Crippen molar-refractivity contribution in [2.24, 2.45) is 0 Å². The number of nitrogens with one attached hydrogen (secondary N) is 1. The Kier molecular flexibility index (Phi) is 4.21. The SMILES string of the molecule is CNC(C)(C)c1nc(CSc2ccccc2F)no1. The number of rotatable bonds is 5. The molecule has 4 nitrogen and oxygen atoms in total. The predicted molar refractivity (Wildman–Crippen MR) is 72.3 cm³/mol. The van der Waals surface area contributed by atoms with E-state index in [1.54, 1.807) is 18.2 Å². The molecule has 1 aromatic heterocycles. The third-order valence-corrected chi connectivity index (χ3v) is 3.87. The summed E-state index contributed by atoms with van der Waals surface area (Å²) in [6, 6.07) is 6.64. The van der Waals surface area contributed by atoms with E-state index in [0.29, 0.717) is 22.4 Å². The minimum absolute atomic E-state index is 0.230. The van der Waals surface area contributed by atoms with Crippen molar-refractivity contribution in [2.75, 3.05) is 7.05 Å². The summed E-state index contributed by atoms with van der Waals surface area (Å²) in [6.45, 7) is 3.91. The van der Waals surface area contributed by atoms with Crippen molar-refractivity contribution in [3.05, 3.63) is 41.8 Å². The highest BCUT2D eigenvalue weighted by atomic mass is 32.2. The Morgan fingerprint density at radius 2 is 2.11 bits per heavy atom. The summed E-state index contributed by atoms with van der Waals surface area (Å²) in [5.74, 6) is 1.34. The summed E-state index contributed by atoms with van der Waals surface area (Å²) >= 11 is 1.35. The number of thioether (sulfide) groups is 1. The Hall–Kier alpha value is -1.40. The Morgan fingerprint density at radius 1 is 1.37 bits per heavy atom. The van der Waals surface area contributed by atoms with Gasteiger partial charge in [0.2, 0.25) is 5.89 Å². The molecule has 102 valence electrons. The third kappa shape index (κ3) is 3.33. The lowest BCUT2D eigenvalue weighted by molar-refractivity contribution is 0.280. The van der Waals surface area contributed by atoms with Gasteiger partial charge in [0.15, 0.2) is 5.82 Å². The second-order valence-electron chi connectivity index (χ2n) is 4.61. The smallest absolute Gasteiger partial charge is 0.246 e. The van der Waals surface area contributed by atoms with Crippen LogP contribution in [-0.2, 0) is 11.3 Å². The van der Waals surface area contributed by atoms with Gasteiger partial charge >= 0.3 is 0 Å². The highest BCUT2D eigenvalue weighted by Gasteiger charge is 2.25. The molecule has 0 aliphatic heterocycles. The first kappa shape index (κ1) is 14.0. The standard InChI is InChI=1S/C13H16FN3OS/c1-13(2,15-3)12-16-11(17-18-12)8-19-10-7-5-4-6-9(10)14/h4-7,15H,8H2,1-3H3. The van der Waals surface area contributed by atoms with Gasteiger partial charge in [0, 0.05) is 4.90 Å². The van der Waals surface area contributed by atoms with Gasteiger partial charge < -0.3 is 9.84 Å². The average molecular weight is 281 g/mol. The van der Waals surface area contributed by atoms with E-state index in [1.807, 2.05) is 20.9 Å². The van der Waals surface area contributed by atoms with E-state index >= 15 is 0 Å². The van der Waals surface area contributed by atoms with Crippen LogP contribution in [0.4, 0.5) is 4.39 Å². The van der Waals surface area contributed by atoms with Crippen LogP contribution >= 0.6 is 11.8 Å². The number of hydrogen-bond donors (Lipinski definition) is 1. The van der Waals surface area contributed by atoms with Crippen LogP contribution in [0.3, 0.4) is 0 Å². The van der Waals surface area contributed by atoms with Crippen LogP contribution in [-0.4, -0.2) is 17.2 Å². The molecule has 0 spiro atoms. The Morgan fingerprint density at radius 3 is 2.79 bits per heavy atom. The maximum Gasteiger partial charge on any atom is 0.246 e. The van der Waals surface area contributed by atoms with Gasteiger partial charge in [-0.2, -0.15) is 4.98 Å². The van der Waals surface area contributed by atoms with E-state index < -0.39 is 0 Å². The van der Waals surface area contributed by atoms with Gasteiger partial charge in [0.25, 0.3) is 0 Å². The Bertz CT molecular complexity index is 556. The van der Waals surface area contributed by atoms with Gasteiger partial charge in [-0.25, -0.2) is 4.39 Å². The fourth-order valence-electron chi connectivity index (χ4n) is 1.38. The van der Waals surface area contributed by atoms with E-state index in [4.69, 9.17) is 4.52 Å². The zero-order valence-corrected chi connectivity index (χ0v) is 11.9. The summed E-state index contributed by atoms with van der Waals surface area (Å²) in [5, 5.41) is 7.00. The normalized spacial score (nSPS) is 11.8. The molecule has 0 atom stereocenters. The maximum atomic E-state index is 13.4. The van der Waals surface area contributed by atoms with Crippen molar-refractivity contribution in [1.29, 1.82) is 0 Å². The Balaban J connectivity index is 2.03. The van der Waals surface area contributed by atoms with Crippen LogP contribution in [0, 0.1) is 5.82 Å². The second-order valence-corrected chi connectivity index (χ2v) is 5.63. The zero-order valence-electron chi connectivity index (χ0n) is 11.1. The van der Waals surface area contributed by atoms with Crippen LogP contribution in [0.15, 0.2) is 33.7 Å². The van der Waals surface area contributed by atoms with E-state index in [2.05, 4.69) is 15.5 Å². The van der Waals surface area contributed by atoms with Crippen LogP contribution in [0.1, 0.15) is 25.6 Å². The topological polar surface area (TPSA) is 51.0 Å². The molecular formula is C13H16FN3OS. The molecule has 0 amide bonds. The predicted octanol–water partition coefficient (Wildman–Crippen LogP) is 2.96. The molecule has 0 saturated heterocycles. The molecule has 1 aromatic carbocycles. The lowest BCUT2D eigenvalue weighted by Gasteiger charge is -2.17. The molecule has 1 N–H and O–H groups in total. The molecule has 0 unspecified atom stereocenters. The number of nitrogens with zero attached hydrogens (tertiary/aromatic N) is 2.